The van der Waals surface area contributed by atoms with Crippen LogP contribution < -0.4 is 10.1 Å². The van der Waals surface area contributed by atoms with Gasteiger partial charge in [0.25, 0.3) is 11.6 Å². The molecule has 0 unspecified atom stereocenters. The maximum atomic E-state index is 12.7. The Kier molecular flexibility index (Phi) is 6.67. The zero-order valence-corrected chi connectivity index (χ0v) is 18.8. The molecule has 0 aliphatic rings. The van der Waals surface area contributed by atoms with Crippen molar-refractivity contribution < 1.29 is 14.5 Å². The Morgan fingerprint density at radius 1 is 1.09 bits per heavy atom. The minimum absolute atomic E-state index is 0.0466. The Morgan fingerprint density at radius 2 is 1.91 bits per heavy atom. The number of nitro groups is 1. The summed E-state index contributed by atoms with van der Waals surface area (Å²) in [6, 6.07) is 11.7. The van der Waals surface area contributed by atoms with E-state index in [0.717, 1.165) is 17.7 Å². The quantitative estimate of drug-likeness (QED) is 0.296. The first-order valence-electron chi connectivity index (χ1n) is 10.7. The number of rotatable bonds is 9. The molecule has 2 aromatic carbocycles. The Balaban J connectivity index is 1.36. The molecule has 0 saturated carbocycles. The highest BCUT2D eigenvalue weighted by Crippen LogP contribution is 2.24. The molecule has 174 valence electrons. The van der Waals surface area contributed by atoms with Crippen LogP contribution in [0.5, 0.6) is 5.75 Å². The van der Waals surface area contributed by atoms with Crippen molar-refractivity contribution in [1.82, 2.24) is 19.6 Å². The predicted molar refractivity (Wildman–Crippen MR) is 126 cm³/mol. The molecule has 0 fully saturated rings. The molecule has 0 saturated heterocycles. The summed E-state index contributed by atoms with van der Waals surface area (Å²) in [6.45, 7) is 5.27. The van der Waals surface area contributed by atoms with Crippen LogP contribution in [0.3, 0.4) is 0 Å². The van der Waals surface area contributed by atoms with Crippen LogP contribution in [0.1, 0.15) is 34.0 Å². The SMILES string of the molecule is CCn1cc(Cn2cc(NC(=O)c3cccc(COc4ccc([N+](=O)[O-])c(C)c4)c3)cn2)cn1. The first-order valence-corrected chi connectivity index (χ1v) is 10.7. The van der Waals surface area contributed by atoms with Crippen molar-refractivity contribution in [2.75, 3.05) is 5.32 Å². The van der Waals surface area contributed by atoms with Gasteiger partial charge in [-0.1, -0.05) is 12.1 Å². The smallest absolute Gasteiger partial charge is 0.272 e. The number of hydrogen-bond acceptors (Lipinski definition) is 6. The Bertz CT molecular complexity index is 1330. The van der Waals surface area contributed by atoms with Gasteiger partial charge in [-0.25, -0.2) is 0 Å². The zero-order valence-electron chi connectivity index (χ0n) is 18.8. The van der Waals surface area contributed by atoms with E-state index in [1.807, 2.05) is 23.9 Å². The lowest BCUT2D eigenvalue weighted by Gasteiger charge is -2.09. The lowest BCUT2D eigenvalue weighted by Crippen LogP contribution is -2.12. The van der Waals surface area contributed by atoms with Crippen LogP contribution >= 0.6 is 0 Å². The van der Waals surface area contributed by atoms with Crippen molar-refractivity contribution in [3.63, 3.8) is 0 Å². The number of nitrogens with zero attached hydrogens (tertiary/aromatic N) is 5. The number of amides is 1. The van der Waals surface area contributed by atoms with Gasteiger partial charge in [-0.3, -0.25) is 24.3 Å². The molecule has 4 aromatic rings. The van der Waals surface area contributed by atoms with E-state index in [-0.39, 0.29) is 18.2 Å². The van der Waals surface area contributed by atoms with Crippen molar-refractivity contribution >= 4 is 17.3 Å². The largest absolute Gasteiger partial charge is 0.489 e. The molecule has 0 aliphatic heterocycles. The van der Waals surface area contributed by atoms with E-state index in [4.69, 9.17) is 4.74 Å². The number of aryl methyl sites for hydroxylation is 2. The summed E-state index contributed by atoms with van der Waals surface area (Å²) in [6.07, 6.45) is 7.14. The molecule has 2 heterocycles. The number of carbonyl (C=O) groups excluding carboxylic acids is 1. The van der Waals surface area contributed by atoms with Gasteiger partial charge in [0, 0.05) is 41.7 Å². The fourth-order valence-corrected chi connectivity index (χ4v) is 3.46. The van der Waals surface area contributed by atoms with Gasteiger partial charge in [0.05, 0.1) is 29.5 Å². The average molecular weight is 460 g/mol. The molecule has 0 spiro atoms. The van der Waals surface area contributed by atoms with Crippen LogP contribution in [0.15, 0.2) is 67.3 Å². The highest BCUT2D eigenvalue weighted by Gasteiger charge is 2.12. The third-order valence-electron chi connectivity index (χ3n) is 5.21. The van der Waals surface area contributed by atoms with E-state index in [2.05, 4.69) is 15.5 Å². The fourth-order valence-electron chi connectivity index (χ4n) is 3.46. The maximum Gasteiger partial charge on any atom is 0.272 e. The van der Waals surface area contributed by atoms with Gasteiger partial charge in [0.2, 0.25) is 0 Å². The summed E-state index contributed by atoms with van der Waals surface area (Å²) >= 11 is 0. The first-order chi connectivity index (χ1) is 16.4. The van der Waals surface area contributed by atoms with Crippen LogP contribution in [0.25, 0.3) is 0 Å². The number of anilines is 1. The van der Waals surface area contributed by atoms with E-state index in [1.165, 1.54) is 6.07 Å². The highest BCUT2D eigenvalue weighted by atomic mass is 16.6. The summed E-state index contributed by atoms with van der Waals surface area (Å²) in [5, 5.41) is 22.4. The molecule has 34 heavy (non-hydrogen) atoms. The molecule has 0 atom stereocenters. The lowest BCUT2D eigenvalue weighted by atomic mass is 10.1. The summed E-state index contributed by atoms with van der Waals surface area (Å²) in [4.78, 5) is 23.3. The number of nitrogens with one attached hydrogen (secondary N) is 1. The van der Waals surface area contributed by atoms with Crippen LogP contribution in [0, 0.1) is 17.0 Å². The minimum atomic E-state index is -0.426. The zero-order chi connectivity index (χ0) is 24.1. The predicted octanol–water partition coefficient (Wildman–Crippen LogP) is 4.20. The fraction of sp³-hybridized carbons (Fsp3) is 0.208. The van der Waals surface area contributed by atoms with E-state index < -0.39 is 4.92 Å². The van der Waals surface area contributed by atoms with Crippen LogP contribution in [0.2, 0.25) is 0 Å². The van der Waals surface area contributed by atoms with Crippen molar-refractivity contribution in [1.29, 1.82) is 0 Å². The second-order valence-corrected chi connectivity index (χ2v) is 7.78. The van der Waals surface area contributed by atoms with Gasteiger partial charge in [0.15, 0.2) is 0 Å². The molecule has 1 amide bonds. The monoisotopic (exact) mass is 460 g/mol. The molecule has 4 rings (SSSR count). The molecular formula is C24H24N6O4. The molecule has 0 aliphatic carbocycles. The highest BCUT2D eigenvalue weighted by molar-refractivity contribution is 6.04. The Hall–Kier alpha value is -4.47. The normalized spacial score (nSPS) is 10.8. The second-order valence-electron chi connectivity index (χ2n) is 7.78. The molecule has 0 bridgehead atoms. The number of benzene rings is 2. The third kappa shape index (κ3) is 5.47. The molecule has 1 N–H and O–H groups in total. The minimum Gasteiger partial charge on any atom is -0.489 e. The Labute approximate surface area is 195 Å². The van der Waals surface area contributed by atoms with Gasteiger partial charge in [-0.15, -0.1) is 0 Å². The first kappa shape index (κ1) is 22.7. The van der Waals surface area contributed by atoms with Crippen molar-refractivity contribution in [3.05, 3.63) is 99.6 Å². The Morgan fingerprint density at radius 3 is 2.65 bits per heavy atom. The van der Waals surface area contributed by atoms with E-state index in [1.54, 1.807) is 60.5 Å². The van der Waals surface area contributed by atoms with Crippen LogP contribution in [0.4, 0.5) is 11.4 Å². The van der Waals surface area contributed by atoms with E-state index in [0.29, 0.717) is 29.1 Å². The standard InChI is InChI=1S/C24H24N6O4/c1-3-28-13-19(11-25-28)14-29-15-21(12-26-29)27-24(31)20-6-4-5-18(10-20)16-34-22-7-8-23(30(32)33)17(2)9-22/h4-13,15H,3,14,16H2,1-2H3,(H,27,31). The van der Waals surface area contributed by atoms with Gasteiger partial charge >= 0.3 is 0 Å². The van der Waals surface area contributed by atoms with Crippen molar-refractivity contribution in [3.8, 4) is 5.75 Å². The van der Waals surface area contributed by atoms with Crippen LogP contribution in [-0.4, -0.2) is 30.4 Å². The van der Waals surface area contributed by atoms with Crippen molar-refractivity contribution in [2.24, 2.45) is 0 Å². The number of hydrogen-bond donors (Lipinski definition) is 1. The van der Waals surface area contributed by atoms with Crippen LogP contribution in [-0.2, 0) is 19.7 Å². The van der Waals surface area contributed by atoms with Gasteiger partial charge in [-0.2, -0.15) is 10.2 Å². The number of carbonyl (C=O) groups is 1. The molecule has 10 nitrogen and oxygen atoms in total. The summed E-state index contributed by atoms with van der Waals surface area (Å²) < 4.78 is 9.34. The summed E-state index contributed by atoms with van der Waals surface area (Å²) in [5.74, 6) is 0.265. The second kappa shape index (κ2) is 9.99. The topological polar surface area (TPSA) is 117 Å². The number of ether oxygens (including phenoxy) is 1. The van der Waals surface area contributed by atoms with Gasteiger partial charge in [-0.05, 0) is 43.7 Å². The van der Waals surface area contributed by atoms with E-state index >= 15 is 0 Å². The lowest BCUT2D eigenvalue weighted by molar-refractivity contribution is -0.385. The average Bonchev–Trinajstić information content (AvgIpc) is 3.47. The van der Waals surface area contributed by atoms with Gasteiger partial charge in [0.1, 0.15) is 12.4 Å². The summed E-state index contributed by atoms with van der Waals surface area (Å²) in [5.41, 5.74) is 3.47. The number of nitro benzene ring substituents is 1. The third-order valence-corrected chi connectivity index (χ3v) is 5.21. The molecule has 10 heteroatoms. The molecule has 2 aromatic heterocycles. The number of aromatic nitrogens is 4. The van der Waals surface area contributed by atoms with Gasteiger partial charge < -0.3 is 10.1 Å². The maximum absolute atomic E-state index is 12.7. The van der Waals surface area contributed by atoms with E-state index in [9.17, 15) is 14.9 Å². The molecule has 0 radical (unpaired) electrons. The van der Waals surface area contributed by atoms with Crippen molar-refractivity contribution in [2.45, 2.75) is 33.5 Å². The summed E-state index contributed by atoms with van der Waals surface area (Å²) in [7, 11) is 0. The molecular weight excluding hydrogens is 436 g/mol.